The molecule has 2 heterocycles. The first kappa shape index (κ1) is 14.0. The third-order valence-electron chi connectivity index (χ3n) is 3.59. The van der Waals surface area contributed by atoms with Crippen molar-refractivity contribution in [2.75, 3.05) is 6.54 Å². The maximum atomic E-state index is 12.2. The zero-order chi connectivity index (χ0) is 14.8. The molecule has 2 aromatic rings. The van der Waals surface area contributed by atoms with Crippen LogP contribution in [0.15, 0.2) is 24.3 Å². The Morgan fingerprint density at radius 2 is 2.10 bits per heavy atom. The number of aryl methyl sites for hydroxylation is 1. The summed E-state index contributed by atoms with van der Waals surface area (Å²) in [4.78, 5) is 4.67. The Morgan fingerprint density at radius 3 is 2.76 bits per heavy atom. The van der Waals surface area contributed by atoms with Crippen molar-refractivity contribution in [3.63, 3.8) is 0 Å². The van der Waals surface area contributed by atoms with Gasteiger partial charge >= 0.3 is 6.61 Å². The molecular formula is C15H17F2N3O. The number of benzene rings is 1. The number of hydrogen-bond donors (Lipinski definition) is 1. The van der Waals surface area contributed by atoms with Crippen molar-refractivity contribution in [3.8, 4) is 11.4 Å². The number of rotatable bonds is 4. The summed E-state index contributed by atoms with van der Waals surface area (Å²) < 4.78 is 30.9. The average molecular weight is 293 g/mol. The second-order valence-corrected chi connectivity index (χ2v) is 4.91. The molecule has 0 aliphatic carbocycles. The molecule has 0 saturated heterocycles. The Bertz CT molecular complexity index is 623. The molecule has 0 radical (unpaired) electrons. The summed E-state index contributed by atoms with van der Waals surface area (Å²) in [7, 11) is 0. The first-order valence-electron chi connectivity index (χ1n) is 7.04. The standard InChI is InChI=1S/C15H17F2N3O/c1-2-14-19-12-9-18-8-7-13(12)20(14)10-3-5-11(6-4-10)21-15(16)17/h3-6,15,18H,2,7-9H2,1H3. The molecule has 0 unspecified atom stereocenters. The molecule has 1 aromatic carbocycles. The van der Waals surface area contributed by atoms with Gasteiger partial charge in [0.05, 0.1) is 5.69 Å². The van der Waals surface area contributed by atoms with Crippen LogP contribution in [0.25, 0.3) is 5.69 Å². The summed E-state index contributed by atoms with van der Waals surface area (Å²) >= 11 is 0. The van der Waals surface area contributed by atoms with Crippen LogP contribution in [-0.2, 0) is 19.4 Å². The van der Waals surface area contributed by atoms with E-state index in [0.717, 1.165) is 43.1 Å². The van der Waals surface area contributed by atoms with E-state index in [4.69, 9.17) is 0 Å². The Morgan fingerprint density at radius 1 is 1.33 bits per heavy atom. The van der Waals surface area contributed by atoms with Gasteiger partial charge in [-0.2, -0.15) is 8.78 Å². The van der Waals surface area contributed by atoms with Crippen LogP contribution in [0.5, 0.6) is 5.75 Å². The highest BCUT2D eigenvalue weighted by Crippen LogP contribution is 2.24. The molecule has 1 aliphatic heterocycles. The first-order chi connectivity index (χ1) is 10.2. The minimum Gasteiger partial charge on any atom is -0.435 e. The predicted molar refractivity (Wildman–Crippen MR) is 75.0 cm³/mol. The lowest BCUT2D eigenvalue weighted by Crippen LogP contribution is -2.24. The first-order valence-corrected chi connectivity index (χ1v) is 7.04. The van der Waals surface area contributed by atoms with Crippen LogP contribution in [-0.4, -0.2) is 22.7 Å². The Labute approximate surface area is 121 Å². The number of hydrogen-bond acceptors (Lipinski definition) is 3. The average Bonchev–Trinajstić information content (AvgIpc) is 2.86. The summed E-state index contributed by atoms with van der Waals surface area (Å²) in [5.74, 6) is 1.16. The molecule has 1 N–H and O–H groups in total. The number of aromatic nitrogens is 2. The van der Waals surface area contributed by atoms with Crippen LogP contribution < -0.4 is 10.1 Å². The molecule has 4 nitrogen and oxygen atoms in total. The highest BCUT2D eigenvalue weighted by Gasteiger charge is 2.19. The Balaban J connectivity index is 1.97. The molecule has 0 bridgehead atoms. The summed E-state index contributed by atoms with van der Waals surface area (Å²) in [6, 6.07) is 6.71. The van der Waals surface area contributed by atoms with Crippen molar-refractivity contribution < 1.29 is 13.5 Å². The predicted octanol–water partition coefficient (Wildman–Crippen LogP) is 2.68. The van der Waals surface area contributed by atoms with Crippen LogP contribution in [0.4, 0.5) is 8.78 Å². The zero-order valence-corrected chi connectivity index (χ0v) is 11.8. The van der Waals surface area contributed by atoms with Gasteiger partial charge in [0, 0.05) is 37.3 Å². The van der Waals surface area contributed by atoms with Gasteiger partial charge in [-0.3, -0.25) is 0 Å². The molecule has 1 aliphatic rings. The smallest absolute Gasteiger partial charge is 0.387 e. The van der Waals surface area contributed by atoms with Crippen LogP contribution in [0, 0.1) is 0 Å². The number of nitrogens with one attached hydrogen (secondary N) is 1. The fourth-order valence-electron chi connectivity index (χ4n) is 2.69. The summed E-state index contributed by atoms with van der Waals surface area (Å²) in [5.41, 5.74) is 3.21. The van der Waals surface area contributed by atoms with E-state index in [-0.39, 0.29) is 5.75 Å². The van der Waals surface area contributed by atoms with E-state index >= 15 is 0 Å². The van der Waals surface area contributed by atoms with Gasteiger partial charge in [0.15, 0.2) is 0 Å². The number of alkyl halides is 2. The molecule has 0 spiro atoms. The lowest BCUT2D eigenvalue weighted by atomic mass is 10.1. The van der Waals surface area contributed by atoms with Crippen molar-refractivity contribution in [2.24, 2.45) is 0 Å². The molecule has 0 fully saturated rings. The normalized spacial score (nSPS) is 14.3. The zero-order valence-electron chi connectivity index (χ0n) is 11.8. The molecule has 112 valence electrons. The molecule has 1 aromatic heterocycles. The van der Waals surface area contributed by atoms with Crippen LogP contribution in [0.2, 0.25) is 0 Å². The van der Waals surface area contributed by atoms with Crippen LogP contribution >= 0.6 is 0 Å². The number of nitrogens with zero attached hydrogens (tertiary/aromatic N) is 2. The highest BCUT2D eigenvalue weighted by molar-refractivity contribution is 5.42. The van der Waals surface area contributed by atoms with E-state index in [9.17, 15) is 8.78 Å². The third kappa shape index (κ3) is 2.76. The quantitative estimate of drug-likeness (QED) is 0.942. The molecule has 0 saturated carbocycles. The van der Waals surface area contributed by atoms with E-state index in [2.05, 4.69) is 26.5 Å². The van der Waals surface area contributed by atoms with Crippen molar-refractivity contribution in [1.82, 2.24) is 14.9 Å². The largest absolute Gasteiger partial charge is 0.435 e. The third-order valence-corrected chi connectivity index (χ3v) is 3.59. The summed E-state index contributed by atoms with van der Waals surface area (Å²) in [6.07, 6.45) is 1.74. The molecule has 21 heavy (non-hydrogen) atoms. The van der Waals surface area contributed by atoms with Gasteiger partial charge in [0.2, 0.25) is 0 Å². The second-order valence-electron chi connectivity index (χ2n) is 4.91. The van der Waals surface area contributed by atoms with E-state index in [1.807, 2.05) is 0 Å². The van der Waals surface area contributed by atoms with Crippen LogP contribution in [0.1, 0.15) is 24.1 Å². The molecular weight excluding hydrogens is 276 g/mol. The van der Waals surface area contributed by atoms with Gasteiger partial charge in [0.1, 0.15) is 11.6 Å². The van der Waals surface area contributed by atoms with Crippen molar-refractivity contribution in [2.45, 2.75) is 32.9 Å². The Kier molecular flexibility index (Phi) is 3.88. The van der Waals surface area contributed by atoms with Gasteiger partial charge in [-0.1, -0.05) is 6.92 Å². The monoisotopic (exact) mass is 293 g/mol. The van der Waals surface area contributed by atoms with E-state index in [1.165, 1.54) is 5.69 Å². The topological polar surface area (TPSA) is 39.1 Å². The minimum atomic E-state index is -2.80. The number of ether oxygens (including phenoxy) is 1. The molecule has 0 amide bonds. The molecule has 3 rings (SSSR count). The second kappa shape index (κ2) is 5.81. The number of halogens is 2. The molecule has 0 atom stereocenters. The minimum absolute atomic E-state index is 0.169. The van der Waals surface area contributed by atoms with E-state index in [1.54, 1.807) is 24.3 Å². The van der Waals surface area contributed by atoms with Gasteiger partial charge in [0.25, 0.3) is 0 Å². The van der Waals surface area contributed by atoms with Gasteiger partial charge < -0.3 is 14.6 Å². The highest BCUT2D eigenvalue weighted by atomic mass is 19.3. The number of imidazole rings is 1. The molecule has 6 heteroatoms. The fourth-order valence-corrected chi connectivity index (χ4v) is 2.69. The van der Waals surface area contributed by atoms with E-state index < -0.39 is 6.61 Å². The van der Waals surface area contributed by atoms with Gasteiger partial charge in [-0.05, 0) is 24.3 Å². The van der Waals surface area contributed by atoms with Gasteiger partial charge in [-0.15, -0.1) is 0 Å². The lowest BCUT2D eigenvalue weighted by molar-refractivity contribution is -0.0498. The summed E-state index contributed by atoms with van der Waals surface area (Å²) in [5, 5.41) is 3.31. The van der Waals surface area contributed by atoms with Crippen LogP contribution in [0.3, 0.4) is 0 Å². The van der Waals surface area contributed by atoms with Crippen molar-refractivity contribution >= 4 is 0 Å². The number of fused-ring (bicyclic) bond motifs is 1. The van der Waals surface area contributed by atoms with Crippen molar-refractivity contribution in [1.29, 1.82) is 0 Å². The van der Waals surface area contributed by atoms with E-state index in [0.29, 0.717) is 0 Å². The Hall–Kier alpha value is -1.95. The van der Waals surface area contributed by atoms with Gasteiger partial charge in [-0.25, -0.2) is 4.98 Å². The fraction of sp³-hybridized carbons (Fsp3) is 0.400. The maximum absolute atomic E-state index is 12.2. The maximum Gasteiger partial charge on any atom is 0.387 e. The SMILES string of the molecule is CCc1nc2c(n1-c1ccc(OC(F)F)cc1)CCNC2. The lowest BCUT2D eigenvalue weighted by Gasteiger charge is -2.16. The van der Waals surface area contributed by atoms with Crippen molar-refractivity contribution in [3.05, 3.63) is 41.5 Å². The summed E-state index contributed by atoms with van der Waals surface area (Å²) in [6.45, 7) is 0.969.